The largest absolute Gasteiger partial charge is 0.452 e. The van der Waals surface area contributed by atoms with E-state index in [2.05, 4.69) is 29.6 Å². The first-order valence-corrected chi connectivity index (χ1v) is 10.6. The molecule has 4 rings (SSSR count). The Balaban J connectivity index is 1.66. The molecule has 0 aliphatic carbocycles. The summed E-state index contributed by atoms with van der Waals surface area (Å²) in [6.45, 7) is 7.94. The molecule has 1 aromatic heterocycles. The van der Waals surface area contributed by atoms with Crippen LogP contribution in [-0.4, -0.2) is 29.4 Å². The Hall–Kier alpha value is -2.67. The molecule has 0 radical (unpaired) electrons. The highest BCUT2D eigenvalue weighted by atomic mass is 19.1. The molecule has 160 valence electrons. The van der Waals surface area contributed by atoms with E-state index in [9.17, 15) is 8.78 Å². The van der Waals surface area contributed by atoms with E-state index in [-0.39, 0.29) is 5.75 Å². The Bertz CT molecular complexity index is 1010. The standard InChI is InChI=1S/C23H28F2N4O/c1-15(2)14-29-21-10-20(27-12-16-4-3-7-26-11-16)23(8-17(21)13-28-29)30-22-6-5-18(24)9-19(22)25/h5-6,8-10,13,15-16,26-27H,3-4,7,11-12,14H2,1-2H3. The summed E-state index contributed by atoms with van der Waals surface area (Å²) in [5, 5.41) is 12.3. The average Bonchev–Trinajstić information content (AvgIpc) is 3.10. The van der Waals surface area contributed by atoms with Gasteiger partial charge in [-0.3, -0.25) is 4.68 Å². The van der Waals surface area contributed by atoms with Gasteiger partial charge in [-0.25, -0.2) is 8.78 Å². The average molecular weight is 415 g/mol. The minimum absolute atomic E-state index is 0.00675. The van der Waals surface area contributed by atoms with Gasteiger partial charge in [0.2, 0.25) is 0 Å². The van der Waals surface area contributed by atoms with Crippen LogP contribution in [0.5, 0.6) is 11.5 Å². The van der Waals surface area contributed by atoms with Crippen molar-refractivity contribution < 1.29 is 13.5 Å². The highest BCUT2D eigenvalue weighted by molar-refractivity contribution is 5.86. The number of ether oxygens (including phenoxy) is 1. The topological polar surface area (TPSA) is 51.1 Å². The molecule has 0 saturated carbocycles. The molecule has 2 N–H and O–H groups in total. The van der Waals surface area contributed by atoms with Crippen LogP contribution in [0.3, 0.4) is 0 Å². The lowest BCUT2D eigenvalue weighted by Gasteiger charge is -2.24. The first-order chi connectivity index (χ1) is 14.5. The molecule has 1 unspecified atom stereocenters. The van der Waals surface area contributed by atoms with E-state index in [1.54, 1.807) is 6.20 Å². The maximum atomic E-state index is 14.2. The van der Waals surface area contributed by atoms with Gasteiger partial charge in [0, 0.05) is 24.5 Å². The van der Waals surface area contributed by atoms with E-state index in [0.29, 0.717) is 17.6 Å². The molecular weight excluding hydrogens is 386 g/mol. The van der Waals surface area contributed by atoms with Gasteiger partial charge in [0.15, 0.2) is 17.3 Å². The van der Waals surface area contributed by atoms with Gasteiger partial charge in [-0.1, -0.05) is 13.8 Å². The summed E-state index contributed by atoms with van der Waals surface area (Å²) in [6, 6.07) is 7.21. The Kier molecular flexibility index (Phi) is 6.18. The van der Waals surface area contributed by atoms with Crippen molar-refractivity contribution in [1.82, 2.24) is 15.1 Å². The molecular formula is C23H28F2N4O. The van der Waals surface area contributed by atoms with Gasteiger partial charge in [0.25, 0.3) is 0 Å². The number of rotatable bonds is 7. The van der Waals surface area contributed by atoms with Crippen LogP contribution in [0.15, 0.2) is 36.5 Å². The maximum Gasteiger partial charge on any atom is 0.168 e. The van der Waals surface area contributed by atoms with Crippen LogP contribution in [-0.2, 0) is 6.54 Å². The number of nitrogens with zero attached hydrogens (tertiary/aromatic N) is 2. The Labute approximate surface area is 175 Å². The van der Waals surface area contributed by atoms with Crippen molar-refractivity contribution in [3.8, 4) is 11.5 Å². The molecule has 2 heterocycles. The van der Waals surface area contributed by atoms with E-state index in [1.165, 1.54) is 12.1 Å². The van der Waals surface area contributed by atoms with Crippen LogP contribution < -0.4 is 15.4 Å². The van der Waals surface area contributed by atoms with Gasteiger partial charge in [0.1, 0.15) is 5.82 Å². The van der Waals surface area contributed by atoms with E-state index in [1.807, 2.05) is 16.8 Å². The monoisotopic (exact) mass is 414 g/mol. The molecule has 1 saturated heterocycles. The van der Waals surface area contributed by atoms with E-state index in [4.69, 9.17) is 4.74 Å². The number of nitrogens with one attached hydrogen (secondary N) is 2. The summed E-state index contributed by atoms with van der Waals surface area (Å²) >= 11 is 0. The van der Waals surface area contributed by atoms with Crippen molar-refractivity contribution in [2.24, 2.45) is 11.8 Å². The summed E-state index contributed by atoms with van der Waals surface area (Å²) in [5.41, 5.74) is 1.78. The quantitative estimate of drug-likeness (QED) is 0.560. The highest BCUT2D eigenvalue weighted by Crippen LogP contribution is 2.35. The summed E-state index contributed by atoms with van der Waals surface area (Å²) < 4.78 is 35.3. The molecule has 1 fully saturated rings. The SMILES string of the molecule is CC(C)Cn1ncc2cc(Oc3ccc(F)cc3F)c(NCC3CCCNC3)cc21. The third kappa shape index (κ3) is 4.73. The molecule has 5 nitrogen and oxygen atoms in total. The maximum absolute atomic E-state index is 14.2. The second kappa shape index (κ2) is 9.00. The Morgan fingerprint density at radius 2 is 2.10 bits per heavy atom. The number of anilines is 1. The summed E-state index contributed by atoms with van der Waals surface area (Å²) in [4.78, 5) is 0. The Morgan fingerprint density at radius 3 is 2.83 bits per heavy atom. The molecule has 3 aromatic rings. The summed E-state index contributed by atoms with van der Waals surface area (Å²) in [5.74, 6) is 0.113. The van der Waals surface area contributed by atoms with Crippen molar-refractivity contribution in [3.63, 3.8) is 0 Å². The van der Waals surface area contributed by atoms with E-state index < -0.39 is 11.6 Å². The van der Waals surface area contributed by atoms with E-state index in [0.717, 1.165) is 61.7 Å². The van der Waals surface area contributed by atoms with Crippen molar-refractivity contribution in [2.45, 2.75) is 33.2 Å². The summed E-state index contributed by atoms with van der Waals surface area (Å²) in [7, 11) is 0. The van der Waals surface area contributed by atoms with Crippen molar-refractivity contribution in [1.29, 1.82) is 0 Å². The lowest BCUT2D eigenvalue weighted by Crippen LogP contribution is -2.33. The van der Waals surface area contributed by atoms with Gasteiger partial charge < -0.3 is 15.4 Å². The molecule has 1 aliphatic rings. The predicted molar refractivity (Wildman–Crippen MR) is 115 cm³/mol. The second-order valence-corrected chi connectivity index (χ2v) is 8.40. The summed E-state index contributed by atoms with van der Waals surface area (Å²) in [6.07, 6.45) is 4.12. The van der Waals surface area contributed by atoms with Gasteiger partial charge in [-0.05, 0) is 62.0 Å². The third-order valence-electron chi connectivity index (χ3n) is 5.38. The molecule has 30 heavy (non-hydrogen) atoms. The molecule has 2 aromatic carbocycles. The fraction of sp³-hybridized carbons (Fsp3) is 0.435. The normalized spacial score (nSPS) is 16.9. The van der Waals surface area contributed by atoms with Gasteiger partial charge >= 0.3 is 0 Å². The fourth-order valence-electron chi connectivity index (χ4n) is 3.85. The second-order valence-electron chi connectivity index (χ2n) is 8.40. The highest BCUT2D eigenvalue weighted by Gasteiger charge is 2.17. The van der Waals surface area contributed by atoms with Crippen LogP contribution in [0.25, 0.3) is 10.9 Å². The third-order valence-corrected chi connectivity index (χ3v) is 5.38. The van der Waals surface area contributed by atoms with Crippen LogP contribution in [0.1, 0.15) is 26.7 Å². The molecule has 7 heteroatoms. The zero-order valence-corrected chi connectivity index (χ0v) is 17.4. The van der Waals surface area contributed by atoms with E-state index >= 15 is 0 Å². The van der Waals surface area contributed by atoms with Gasteiger partial charge in [-0.2, -0.15) is 5.10 Å². The Morgan fingerprint density at radius 1 is 1.23 bits per heavy atom. The number of piperidine rings is 1. The zero-order valence-electron chi connectivity index (χ0n) is 17.4. The number of hydrogen-bond acceptors (Lipinski definition) is 4. The molecule has 0 spiro atoms. The first-order valence-electron chi connectivity index (χ1n) is 10.6. The number of benzene rings is 2. The first kappa shape index (κ1) is 20.6. The number of aromatic nitrogens is 2. The van der Waals surface area contributed by atoms with Crippen molar-refractivity contribution >= 4 is 16.6 Å². The minimum Gasteiger partial charge on any atom is -0.452 e. The van der Waals surface area contributed by atoms with Crippen LogP contribution in [0.2, 0.25) is 0 Å². The van der Waals surface area contributed by atoms with Crippen LogP contribution in [0, 0.1) is 23.5 Å². The van der Waals surface area contributed by atoms with Gasteiger partial charge in [0.05, 0.1) is 17.4 Å². The van der Waals surface area contributed by atoms with Crippen LogP contribution in [0.4, 0.5) is 14.5 Å². The lowest BCUT2D eigenvalue weighted by molar-refractivity contribution is 0.392. The van der Waals surface area contributed by atoms with Crippen molar-refractivity contribution in [3.05, 3.63) is 48.2 Å². The molecule has 0 bridgehead atoms. The molecule has 1 aliphatic heterocycles. The van der Waals surface area contributed by atoms with Crippen LogP contribution >= 0.6 is 0 Å². The molecule has 0 amide bonds. The fourth-order valence-corrected chi connectivity index (χ4v) is 3.85. The number of hydrogen-bond donors (Lipinski definition) is 2. The number of halogens is 2. The lowest BCUT2D eigenvalue weighted by atomic mass is 9.99. The van der Waals surface area contributed by atoms with Crippen molar-refractivity contribution in [2.75, 3.05) is 25.0 Å². The minimum atomic E-state index is -0.729. The number of fused-ring (bicyclic) bond motifs is 1. The smallest absolute Gasteiger partial charge is 0.168 e. The molecule has 1 atom stereocenters. The van der Waals surface area contributed by atoms with Gasteiger partial charge in [-0.15, -0.1) is 0 Å². The zero-order chi connectivity index (χ0) is 21.1. The predicted octanol–water partition coefficient (Wildman–Crippen LogP) is 5.17.